The molecule has 1 rings (SSSR count). The van der Waals surface area contributed by atoms with Crippen molar-refractivity contribution in [1.29, 1.82) is 0 Å². The van der Waals surface area contributed by atoms with Crippen molar-refractivity contribution in [3.05, 3.63) is 0 Å². The monoisotopic (exact) mass is 237 g/mol. The Balaban J connectivity index is 0.00000121. The second-order valence-corrected chi connectivity index (χ2v) is 2.78. The Hall–Kier alpha value is -0.0900. The lowest BCUT2D eigenvalue weighted by Crippen LogP contribution is -2.32. The number of esters is 1. The molecule has 0 spiro atoms. The number of carbonyl (C=O) groups excluding carboxylic acids is 1. The Bertz CT molecular complexity index is 135. The Kier molecular flexibility index (Phi) is 6.38. The minimum atomic E-state index is -0.0194. The van der Waals surface area contributed by atoms with E-state index >= 15 is 0 Å². The highest BCUT2D eigenvalue weighted by Gasteiger charge is 2.21. The van der Waals surface area contributed by atoms with Crippen LogP contribution in [0.5, 0.6) is 0 Å². The van der Waals surface area contributed by atoms with Crippen LogP contribution in [0.2, 0.25) is 0 Å². The lowest BCUT2D eigenvalue weighted by Gasteiger charge is -2.20. The summed E-state index contributed by atoms with van der Waals surface area (Å²) in [6.07, 6.45) is 1.86. The van der Waals surface area contributed by atoms with Gasteiger partial charge in [-0.2, -0.15) is 0 Å². The summed E-state index contributed by atoms with van der Waals surface area (Å²) in [6, 6.07) is 0. The van der Waals surface area contributed by atoms with Crippen molar-refractivity contribution in [2.24, 2.45) is 5.92 Å². The molecule has 0 aromatic heterocycles. The first-order chi connectivity index (χ1) is 5.34. The summed E-state index contributed by atoms with van der Waals surface area (Å²) in [5.41, 5.74) is 0. The summed E-state index contributed by atoms with van der Waals surface area (Å²) in [4.78, 5) is 11.1. The number of halogens is 1. The van der Waals surface area contributed by atoms with E-state index in [9.17, 15) is 4.79 Å². The lowest BCUT2D eigenvalue weighted by atomic mass is 9.99. The Labute approximate surface area is 83.6 Å². The van der Waals surface area contributed by atoms with E-state index in [-0.39, 0.29) is 28.9 Å². The number of rotatable bonds is 2. The largest absolute Gasteiger partial charge is 0.466 e. The summed E-state index contributed by atoms with van der Waals surface area (Å²) < 4.78 is 4.91. The zero-order valence-corrected chi connectivity index (χ0v) is 9.05. The van der Waals surface area contributed by atoms with Crippen LogP contribution < -0.4 is 5.32 Å². The Morgan fingerprint density at radius 1 is 1.50 bits per heavy atom. The van der Waals surface area contributed by atoms with Gasteiger partial charge in [0.05, 0.1) is 12.5 Å². The molecule has 0 aromatic carbocycles. The van der Waals surface area contributed by atoms with Crippen molar-refractivity contribution >= 4 is 23.0 Å². The van der Waals surface area contributed by atoms with Gasteiger partial charge in [-0.05, 0) is 32.9 Å². The number of nitrogens with one attached hydrogen (secondary N) is 1. The molecule has 0 aromatic rings. The van der Waals surface area contributed by atoms with Gasteiger partial charge < -0.3 is 10.1 Å². The molecular weight excluding hydrogens is 222 g/mol. The molecule has 72 valence electrons. The Morgan fingerprint density at radius 2 is 2.08 bits per heavy atom. The van der Waals surface area contributed by atoms with Crippen molar-refractivity contribution in [2.45, 2.75) is 19.8 Å². The second-order valence-electron chi connectivity index (χ2n) is 2.78. The minimum absolute atomic E-state index is 0. The molecule has 1 heterocycles. The number of carbonyl (C=O) groups is 1. The molecule has 0 atom stereocenters. The van der Waals surface area contributed by atoms with Gasteiger partial charge in [0, 0.05) is 0 Å². The maximum Gasteiger partial charge on any atom is 0.309 e. The Morgan fingerprint density at radius 3 is 2.58 bits per heavy atom. The number of hydrogen-bond acceptors (Lipinski definition) is 3. The van der Waals surface area contributed by atoms with Gasteiger partial charge in [0.1, 0.15) is 0 Å². The van der Waals surface area contributed by atoms with E-state index in [0.717, 1.165) is 25.9 Å². The first-order valence-electron chi connectivity index (χ1n) is 4.22. The lowest BCUT2D eigenvalue weighted by molar-refractivity contribution is -0.148. The van der Waals surface area contributed by atoms with Gasteiger partial charge >= 0.3 is 5.97 Å². The summed E-state index contributed by atoms with van der Waals surface area (Å²) in [5, 5.41) is 3.20. The third kappa shape index (κ3) is 3.54. The molecule has 1 saturated heterocycles. The van der Waals surface area contributed by atoms with Crippen LogP contribution in [0, 0.1) is 5.92 Å². The molecule has 1 fully saturated rings. The maximum absolute atomic E-state index is 11.1. The molecule has 0 aliphatic carbocycles. The van der Waals surface area contributed by atoms with Gasteiger partial charge in [-0.25, -0.2) is 0 Å². The molecular formula is C8H16BrNO2. The van der Waals surface area contributed by atoms with Crippen molar-refractivity contribution in [1.82, 2.24) is 5.32 Å². The van der Waals surface area contributed by atoms with Crippen molar-refractivity contribution < 1.29 is 9.53 Å². The van der Waals surface area contributed by atoms with Crippen LogP contribution in [0.4, 0.5) is 0 Å². The van der Waals surface area contributed by atoms with Gasteiger partial charge in [0.25, 0.3) is 0 Å². The SMILES string of the molecule is Br.CCOC(=O)C1CCNCC1. The van der Waals surface area contributed by atoms with E-state index < -0.39 is 0 Å². The number of ether oxygens (including phenoxy) is 1. The van der Waals surface area contributed by atoms with Crippen LogP contribution >= 0.6 is 17.0 Å². The van der Waals surface area contributed by atoms with Crippen LogP contribution in [-0.2, 0) is 9.53 Å². The molecule has 0 amide bonds. The minimum Gasteiger partial charge on any atom is -0.466 e. The van der Waals surface area contributed by atoms with Crippen molar-refractivity contribution in [3.8, 4) is 0 Å². The molecule has 0 bridgehead atoms. The van der Waals surface area contributed by atoms with E-state index in [1.165, 1.54) is 0 Å². The van der Waals surface area contributed by atoms with Crippen molar-refractivity contribution in [2.75, 3.05) is 19.7 Å². The zero-order chi connectivity index (χ0) is 8.10. The van der Waals surface area contributed by atoms with Gasteiger partial charge in [0.15, 0.2) is 0 Å². The fourth-order valence-corrected chi connectivity index (χ4v) is 1.32. The number of hydrogen-bond donors (Lipinski definition) is 1. The topological polar surface area (TPSA) is 38.3 Å². The average molecular weight is 238 g/mol. The first kappa shape index (κ1) is 11.9. The average Bonchev–Trinajstić information content (AvgIpc) is 2.07. The standard InChI is InChI=1S/C8H15NO2.BrH/c1-2-11-8(10)7-3-5-9-6-4-7;/h7,9H,2-6H2,1H3;1H. The maximum atomic E-state index is 11.1. The first-order valence-corrected chi connectivity index (χ1v) is 4.22. The second kappa shape index (κ2) is 6.43. The molecule has 3 nitrogen and oxygen atoms in total. The highest BCUT2D eigenvalue weighted by atomic mass is 79.9. The highest BCUT2D eigenvalue weighted by Crippen LogP contribution is 2.12. The van der Waals surface area contributed by atoms with Gasteiger partial charge in [0.2, 0.25) is 0 Å². The van der Waals surface area contributed by atoms with Gasteiger partial charge in [-0.3, -0.25) is 4.79 Å². The summed E-state index contributed by atoms with van der Waals surface area (Å²) in [5.74, 6) is 0.130. The van der Waals surface area contributed by atoms with E-state index in [1.54, 1.807) is 0 Å². The number of piperidine rings is 1. The third-order valence-corrected chi connectivity index (χ3v) is 1.96. The fourth-order valence-electron chi connectivity index (χ4n) is 1.32. The summed E-state index contributed by atoms with van der Waals surface area (Å²) in [6.45, 7) is 4.24. The smallest absolute Gasteiger partial charge is 0.309 e. The predicted molar refractivity (Wildman–Crippen MR) is 52.5 cm³/mol. The van der Waals surface area contributed by atoms with E-state index in [4.69, 9.17) is 4.74 Å². The molecule has 1 N–H and O–H groups in total. The van der Waals surface area contributed by atoms with Gasteiger partial charge in [-0.15, -0.1) is 17.0 Å². The summed E-state index contributed by atoms with van der Waals surface area (Å²) >= 11 is 0. The molecule has 0 radical (unpaired) electrons. The van der Waals surface area contributed by atoms with Crippen LogP contribution in [-0.4, -0.2) is 25.7 Å². The normalized spacial score (nSPS) is 18.1. The molecule has 1 aliphatic rings. The van der Waals surface area contributed by atoms with Crippen LogP contribution in [0.3, 0.4) is 0 Å². The predicted octanol–water partition coefficient (Wildman–Crippen LogP) is 1.13. The fraction of sp³-hybridized carbons (Fsp3) is 0.875. The highest BCUT2D eigenvalue weighted by molar-refractivity contribution is 8.93. The third-order valence-electron chi connectivity index (χ3n) is 1.96. The van der Waals surface area contributed by atoms with Crippen LogP contribution in [0.1, 0.15) is 19.8 Å². The molecule has 0 unspecified atom stereocenters. The van der Waals surface area contributed by atoms with Crippen LogP contribution in [0.15, 0.2) is 0 Å². The molecule has 0 saturated carbocycles. The quantitative estimate of drug-likeness (QED) is 0.733. The van der Waals surface area contributed by atoms with E-state index in [2.05, 4.69) is 5.32 Å². The van der Waals surface area contributed by atoms with Crippen LogP contribution in [0.25, 0.3) is 0 Å². The van der Waals surface area contributed by atoms with E-state index in [0.29, 0.717) is 6.61 Å². The molecule has 1 aliphatic heterocycles. The molecule has 4 heteroatoms. The zero-order valence-electron chi connectivity index (χ0n) is 7.34. The summed E-state index contributed by atoms with van der Waals surface area (Å²) in [7, 11) is 0. The molecule has 12 heavy (non-hydrogen) atoms. The van der Waals surface area contributed by atoms with E-state index in [1.807, 2.05) is 6.92 Å². The van der Waals surface area contributed by atoms with Crippen molar-refractivity contribution in [3.63, 3.8) is 0 Å². The van der Waals surface area contributed by atoms with Gasteiger partial charge in [-0.1, -0.05) is 0 Å².